The van der Waals surface area contributed by atoms with Crippen molar-refractivity contribution in [2.75, 3.05) is 7.11 Å². The smallest absolute Gasteiger partial charge is 0.218 e. The molecule has 1 unspecified atom stereocenters. The summed E-state index contributed by atoms with van der Waals surface area (Å²) < 4.78 is 36.4. The standard InChI is InChI=1S/C17H16FN3O3S/c1-11-14(19-7-6-15(11)23-2)10-25(22)17-20-9-16(21-17)24-13-5-3-4-12(18)8-13/h3-9H,10H2,1-2H3,(H,20,21). The molecule has 0 saturated carbocycles. The van der Waals surface area contributed by atoms with Crippen LogP contribution in [0, 0.1) is 12.7 Å². The number of halogens is 1. The van der Waals surface area contributed by atoms with Crippen molar-refractivity contribution in [2.24, 2.45) is 0 Å². The quantitative estimate of drug-likeness (QED) is 0.728. The van der Waals surface area contributed by atoms with Gasteiger partial charge in [-0.25, -0.2) is 9.37 Å². The second-order valence-corrected chi connectivity index (χ2v) is 6.55. The van der Waals surface area contributed by atoms with E-state index in [0.29, 0.717) is 17.2 Å². The summed E-state index contributed by atoms with van der Waals surface area (Å²) in [7, 11) is 0.140. The molecule has 130 valence electrons. The zero-order chi connectivity index (χ0) is 17.8. The van der Waals surface area contributed by atoms with Gasteiger partial charge in [0.2, 0.25) is 5.88 Å². The van der Waals surface area contributed by atoms with Gasteiger partial charge in [-0.3, -0.25) is 9.19 Å². The molecule has 3 aromatic rings. The second kappa shape index (κ2) is 7.43. The number of H-pyrrole nitrogens is 1. The number of nitrogens with one attached hydrogen (secondary N) is 1. The topological polar surface area (TPSA) is 77.1 Å². The van der Waals surface area contributed by atoms with Crippen LogP contribution in [0.1, 0.15) is 11.3 Å². The number of imidazole rings is 1. The molecule has 1 N–H and O–H groups in total. The number of rotatable bonds is 6. The molecule has 8 heteroatoms. The molecule has 2 heterocycles. The van der Waals surface area contributed by atoms with Gasteiger partial charge in [-0.2, -0.15) is 0 Å². The molecule has 2 aromatic heterocycles. The van der Waals surface area contributed by atoms with E-state index in [2.05, 4.69) is 15.0 Å². The lowest BCUT2D eigenvalue weighted by Crippen LogP contribution is -2.03. The third kappa shape index (κ3) is 4.03. The highest BCUT2D eigenvalue weighted by Crippen LogP contribution is 2.23. The summed E-state index contributed by atoms with van der Waals surface area (Å²) >= 11 is 0. The molecule has 0 radical (unpaired) electrons. The molecule has 0 spiro atoms. The zero-order valence-corrected chi connectivity index (χ0v) is 14.5. The third-order valence-corrected chi connectivity index (χ3v) is 4.69. The highest BCUT2D eigenvalue weighted by Gasteiger charge is 2.14. The van der Waals surface area contributed by atoms with Crippen molar-refractivity contribution in [2.45, 2.75) is 17.8 Å². The minimum absolute atomic E-state index is 0.190. The predicted molar refractivity (Wildman–Crippen MR) is 90.7 cm³/mol. The summed E-state index contributed by atoms with van der Waals surface area (Å²) in [6, 6.07) is 7.48. The van der Waals surface area contributed by atoms with Gasteiger partial charge in [0.1, 0.15) is 17.3 Å². The molecule has 3 rings (SSSR count). The van der Waals surface area contributed by atoms with Crippen LogP contribution in [0.15, 0.2) is 47.9 Å². The maximum absolute atomic E-state index is 13.2. The highest BCUT2D eigenvalue weighted by atomic mass is 32.2. The van der Waals surface area contributed by atoms with Crippen molar-refractivity contribution >= 4 is 10.8 Å². The number of nitrogens with zero attached hydrogens (tertiary/aromatic N) is 2. The largest absolute Gasteiger partial charge is 0.496 e. The fourth-order valence-electron chi connectivity index (χ4n) is 2.23. The van der Waals surface area contributed by atoms with Crippen molar-refractivity contribution in [3.05, 3.63) is 59.8 Å². The van der Waals surface area contributed by atoms with Crippen LogP contribution < -0.4 is 9.47 Å². The van der Waals surface area contributed by atoms with Gasteiger partial charge in [0, 0.05) is 17.8 Å². The number of aromatic nitrogens is 3. The van der Waals surface area contributed by atoms with E-state index in [-0.39, 0.29) is 16.8 Å². The molecule has 0 aliphatic rings. The van der Waals surface area contributed by atoms with E-state index in [4.69, 9.17) is 9.47 Å². The Morgan fingerprint density at radius 2 is 2.12 bits per heavy atom. The van der Waals surface area contributed by atoms with Crippen LogP contribution in [-0.4, -0.2) is 26.3 Å². The van der Waals surface area contributed by atoms with Gasteiger partial charge in [0.05, 0.1) is 35.6 Å². The Labute approximate surface area is 146 Å². The molecular weight excluding hydrogens is 345 g/mol. The molecule has 0 fully saturated rings. The van der Waals surface area contributed by atoms with Crippen molar-refractivity contribution in [3.8, 4) is 17.4 Å². The van der Waals surface area contributed by atoms with Crippen LogP contribution in [0.2, 0.25) is 0 Å². The average Bonchev–Trinajstić information content (AvgIpc) is 3.05. The summed E-state index contributed by atoms with van der Waals surface area (Å²) in [5, 5.41) is 0.260. The third-order valence-electron chi connectivity index (χ3n) is 3.52. The molecule has 6 nitrogen and oxygen atoms in total. The summed E-state index contributed by atoms with van der Waals surface area (Å²) in [6.45, 7) is 1.86. The Hall–Kier alpha value is -2.74. The Balaban J connectivity index is 1.73. The lowest BCUT2D eigenvalue weighted by atomic mass is 10.2. The van der Waals surface area contributed by atoms with Gasteiger partial charge >= 0.3 is 0 Å². The highest BCUT2D eigenvalue weighted by molar-refractivity contribution is 7.84. The van der Waals surface area contributed by atoms with Crippen LogP contribution >= 0.6 is 0 Å². The molecule has 0 aliphatic carbocycles. The van der Waals surface area contributed by atoms with Gasteiger partial charge in [-0.05, 0) is 25.1 Å². The number of aromatic amines is 1. The monoisotopic (exact) mass is 361 g/mol. The molecular formula is C17H16FN3O3S. The first-order chi connectivity index (χ1) is 12.1. The Morgan fingerprint density at radius 1 is 1.28 bits per heavy atom. The van der Waals surface area contributed by atoms with Crippen LogP contribution in [0.25, 0.3) is 0 Å². The van der Waals surface area contributed by atoms with Gasteiger partial charge < -0.3 is 14.5 Å². The van der Waals surface area contributed by atoms with Crippen molar-refractivity contribution in [3.63, 3.8) is 0 Å². The predicted octanol–water partition coefficient (Wildman–Crippen LogP) is 3.36. The van der Waals surface area contributed by atoms with Gasteiger partial charge in [-0.1, -0.05) is 6.07 Å². The van der Waals surface area contributed by atoms with E-state index in [1.165, 1.54) is 24.4 Å². The van der Waals surface area contributed by atoms with Crippen molar-refractivity contribution in [1.82, 2.24) is 15.0 Å². The van der Waals surface area contributed by atoms with E-state index in [1.807, 2.05) is 6.92 Å². The normalized spacial score (nSPS) is 12.0. The minimum Gasteiger partial charge on any atom is -0.496 e. The fourth-order valence-corrected chi connectivity index (χ4v) is 3.29. The second-order valence-electron chi connectivity index (χ2n) is 5.19. The van der Waals surface area contributed by atoms with E-state index in [9.17, 15) is 8.60 Å². The minimum atomic E-state index is -1.44. The maximum atomic E-state index is 13.2. The SMILES string of the molecule is COc1ccnc(CS(=O)c2ncc(Oc3cccc(F)c3)[nH]2)c1C. The summed E-state index contributed by atoms with van der Waals surface area (Å²) in [5.41, 5.74) is 1.50. The number of methoxy groups -OCH3 is 1. The Morgan fingerprint density at radius 3 is 2.88 bits per heavy atom. The molecule has 1 atom stereocenters. The zero-order valence-electron chi connectivity index (χ0n) is 13.7. The molecule has 0 aliphatic heterocycles. The summed E-state index contributed by atoms with van der Waals surface area (Å²) in [5.74, 6) is 1.09. The van der Waals surface area contributed by atoms with Gasteiger partial charge in [0.15, 0.2) is 5.16 Å². The number of hydrogen-bond donors (Lipinski definition) is 1. The lowest BCUT2D eigenvalue weighted by molar-refractivity contribution is 0.410. The van der Waals surface area contributed by atoms with E-state index in [1.54, 1.807) is 25.4 Å². The number of benzene rings is 1. The molecule has 0 amide bonds. The van der Waals surface area contributed by atoms with Gasteiger partial charge in [0.25, 0.3) is 0 Å². The van der Waals surface area contributed by atoms with E-state index in [0.717, 1.165) is 5.56 Å². The number of hydrogen-bond acceptors (Lipinski definition) is 5. The number of ether oxygens (including phenoxy) is 2. The van der Waals surface area contributed by atoms with Crippen molar-refractivity contribution in [1.29, 1.82) is 0 Å². The molecule has 0 bridgehead atoms. The molecule has 1 aromatic carbocycles. The van der Waals surface area contributed by atoms with E-state index >= 15 is 0 Å². The van der Waals surface area contributed by atoms with Crippen LogP contribution in [0.3, 0.4) is 0 Å². The summed E-state index contributed by atoms with van der Waals surface area (Å²) in [4.78, 5) is 11.2. The average molecular weight is 361 g/mol. The van der Waals surface area contributed by atoms with Gasteiger partial charge in [-0.15, -0.1) is 0 Å². The fraction of sp³-hybridized carbons (Fsp3) is 0.176. The van der Waals surface area contributed by atoms with Crippen LogP contribution in [-0.2, 0) is 16.6 Å². The number of pyridine rings is 1. The first kappa shape index (κ1) is 17.1. The molecule has 0 saturated heterocycles. The van der Waals surface area contributed by atoms with E-state index < -0.39 is 16.6 Å². The first-order valence-corrected chi connectivity index (χ1v) is 8.74. The first-order valence-electron chi connectivity index (χ1n) is 7.42. The summed E-state index contributed by atoms with van der Waals surface area (Å²) in [6.07, 6.45) is 3.02. The van der Waals surface area contributed by atoms with Crippen molar-refractivity contribution < 1.29 is 18.1 Å². The molecule has 25 heavy (non-hydrogen) atoms. The van der Waals surface area contributed by atoms with Crippen LogP contribution in [0.4, 0.5) is 4.39 Å². The Kier molecular flexibility index (Phi) is 5.08. The Bertz CT molecular complexity index is 914. The lowest BCUT2D eigenvalue weighted by Gasteiger charge is -2.08. The van der Waals surface area contributed by atoms with Crippen LogP contribution in [0.5, 0.6) is 17.4 Å². The maximum Gasteiger partial charge on any atom is 0.218 e.